The number of nitrogens with one attached hydrogen (secondary N) is 1. The van der Waals surface area contributed by atoms with Crippen LogP contribution in [0.15, 0.2) is 41.2 Å². The molecule has 3 aliphatic heterocycles. The molecule has 5 rings (SSSR count). The lowest BCUT2D eigenvalue weighted by Gasteiger charge is -2.47. The van der Waals surface area contributed by atoms with Crippen LogP contribution in [0.4, 0.5) is 5.69 Å². The van der Waals surface area contributed by atoms with Crippen LogP contribution in [0.5, 0.6) is 0 Å². The van der Waals surface area contributed by atoms with Crippen LogP contribution in [0.3, 0.4) is 0 Å². The summed E-state index contributed by atoms with van der Waals surface area (Å²) < 4.78 is 7.59. The summed E-state index contributed by atoms with van der Waals surface area (Å²) in [5.74, 6) is 0.835. The van der Waals surface area contributed by atoms with Crippen molar-refractivity contribution in [2.24, 2.45) is 5.92 Å². The third kappa shape index (κ3) is 3.70. The van der Waals surface area contributed by atoms with E-state index in [1.54, 1.807) is 6.07 Å². The molecule has 0 spiro atoms. The standard InChI is InChI=1S/C24H29N3O3/c1-16(28)25-20-4-2-18(3-5-20)22-6-7-23(29)27-14-17-12-19(24(22)27)15-26(13-17)21-8-10-30-11-9-21/h2-7,17,19,21H,8-15H2,1H3,(H,25,28)/t17-,19+/m0/s1. The highest BCUT2D eigenvalue weighted by atomic mass is 16.5. The van der Waals surface area contributed by atoms with Crippen LogP contribution < -0.4 is 10.9 Å². The summed E-state index contributed by atoms with van der Waals surface area (Å²) >= 11 is 0. The average Bonchev–Trinajstić information content (AvgIpc) is 2.75. The monoisotopic (exact) mass is 407 g/mol. The van der Waals surface area contributed by atoms with Gasteiger partial charge >= 0.3 is 0 Å². The SMILES string of the molecule is CC(=O)Nc1ccc(-c2ccc(=O)n3c2[C@@H]2C[C@@H](CN(C4CCOCC4)C2)C3)cc1. The van der Waals surface area contributed by atoms with Crippen LogP contribution >= 0.6 is 0 Å². The minimum atomic E-state index is -0.0761. The second-order valence-electron chi connectivity index (χ2n) is 8.94. The third-order valence-corrected chi connectivity index (χ3v) is 6.84. The molecule has 2 fully saturated rings. The molecule has 158 valence electrons. The molecule has 0 radical (unpaired) electrons. The molecule has 1 aromatic carbocycles. The van der Waals surface area contributed by atoms with Crippen molar-refractivity contribution in [1.29, 1.82) is 0 Å². The number of hydrogen-bond acceptors (Lipinski definition) is 4. The van der Waals surface area contributed by atoms with Crippen LogP contribution in [0.2, 0.25) is 0 Å². The third-order valence-electron chi connectivity index (χ3n) is 6.84. The fourth-order valence-corrected chi connectivity index (χ4v) is 5.58. The van der Waals surface area contributed by atoms with Gasteiger partial charge in [0, 0.05) is 74.7 Å². The van der Waals surface area contributed by atoms with Crippen molar-refractivity contribution in [3.8, 4) is 11.1 Å². The zero-order valence-corrected chi connectivity index (χ0v) is 17.5. The van der Waals surface area contributed by atoms with E-state index >= 15 is 0 Å². The topological polar surface area (TPSA) is 63.6 Å². The number of fused-ring (bicyclic) bond motifs is 4. The highest BCUT2D eigenvalue weighted by molar-refractivity contribution is 5.89. The zero-order valence-electron chi connectivity index (χ0n) is 17.5. The summed E-state index contributed by atoms with van der Waals surface area (Å²) in [5.41, 5.74) is 4.31. The number of carbonyl (C=O) groups excluding carboxylic acids is 1. The molecule has 0 saturated carbocycles. The van der Waals surface area contributed by atoms with Crippen molar-refractivity contribution < 1.29 is 9.53 Å². The van der Waals surface area contributed by atoms with Gasteiger partial charge in [0.2, 0.25) is 5.91 Å². The summed E-state index contributed by atoms with van der Waals surface area (Å²) in [6.45, 7) is 6.14. The molecule has 2 aromatic rings. The molecule has 3 aliphatic rings. The lowest BCUT2D eigenvalue weighted by Crippen LogP contribution is -2.51. The number of pyridine rings is 1. The molecular weight excluding hydrogens is 378 g/mol. The van der Waals surface area contributed by atoms with Gasteiger partial charge in [-0.1, -0.05) is 12.1 Å². The maximum atomic E-state index is 12.7. The number of piperidine rings is 1. The lowest BCUT2D eigenvalue weighted by atomic mass is 9.79. The number of hydrogen-bond donors (Lipinski definition) is 1. The molecule has 0 aliphatic carbocycles. The number of nitrogens with zero attached hydrogens (tertiary/aromatic N) is 2. The summed E-state index contributed by atoms with van der Waals surface area (Å²) in [6.07, 6.45) is 3.37. The Labute approximate surface area is 176 Å². The molecule has 1 N–H and O–H groups in total. The largest absolute Gasteiger partial charge is 0.381 e. The first-order valence-electron chi connectivity index (χ1n) is 11.0. The summed E-state index contributed by atoms with van der Waals surface area (Å²) in [5, 5.41) is 2.82. The first-order chi connectivity index (χ1) is 14.6. The summed E-state index contributed by atoms with van der Waals surface area (Å²) in [7, 11) is 0. The Morgan fingerprint density at radius 2 is 1.80 bits per heavy atom. The number of anilines is 1. The number of benzene rings is 1. The molecule has 30 heavy (non-hydrogen) atoms. The fraction of sp³-hybridized carbons (Fsp3) is 0.500. The van der Waals surface area contributed by atoms with Gasteiger partial charge in [-0.05, 0) is 48.9 Å². The first-order valence-corrected chi connectivity index (χ1v) is 11.0. The Kier molecular flexibility index (Phi) is 5.21. The molecule has 4 heterocycles. The molecule has 6 nitrogen and oxygen atoms in total. The van der Waals surface area contributed by atoms with Crippen LogP contribution in [0.25, 0.3) is 11.1 Å². The van der Waals surface area contributed by atoms with Crippen molar-refractivity contribution in [2.45, 2.75) is 44.7 Å². The Bertz CT molecular complexity index is 992. The predicted molar refractivity (Wildman–Crippen MR) is 117 cm³/mol. The van der Waals surface area contributed by atoms with Crippen LogP contribution in [-0.2, 0) is 16.1 Å². The maximum absolute atomic E-state index is 12.7. The number of aromatic nitrogens is 1. The van der Waals surface area contributed by atoms with Gasteiger partial charge in [0.05, 0.1) is 0 Å². The Morgan fingerprint density at radius 1 is 1.03 bits per heavy atom. The first kappa shape index (κ1) is 19.5. The minimum absolute atomic E-state index is 0.0761. The average molecular weight is 408 g/mol. The van der Waals surface area contributed by atoms with E-state index in [1.807, 2.05) is 34.9 Å². The van der Waals surface area contributed by atoms with E-state index in [0.29, 0.717) is 17.9 Å². The lowest BCUT2D eigenvalue weighted by molar-refractivity contribution is -0.114. The number of likely N-dealkylation sites (tertiary alicyclic amines) is 1. The van der Waals surface area contributed by atoms with E-state index in [9.17, 15) is 9.59 Å². The second-order valence-corrected chi connectivity index (χ2v) is 8.94. The van der Waals surface area contributed by atoms with Gasteiger partial charge in [-0.3, -0.25) is 14.5 Å². The maximum Gasteiger partial charge on any atom is 0.250 e. The van der Waals surface area contributed by atoms with Crippen LogP contribution in [-0.4, -0.2) is 47.7 Å². The number of rotatable bonds is 3. The van der Waals surface area contributed by atoms with Gasteiger partial charge < -0.3 is 14.6 Å². The predicted octanol–water partition coefficient (Wildman–Crippen LogP) is 3.07. The van der Waals surface area contributed by atoms with E-state index in [2.05, 4.69) is 10.2 Å². The molecule has 6 heteroatoms. The minimum Gasteiger partial charge on any atom is -0.381 e. The van der Waals surface area contributed by atoms with Crippen molar-refractivity contribution in [3.63, 3.8) is 0 Å². The van der Waals surface area contributed by atoms with Gasteiger partial charge in [-0.15, -0.1) is 0 Å². The number of ether oxygens (including phenoxy) is 1. The summed E-state index contributed by atoms with van der Waals surface area (Å²) in [6, 6.07) is 12.2. The zero-order chi connectivity index (χ0) is 20.7. The quantitative estimate of drug-likeness (QED) is 0.849. The fourth-order valence-electron chi connectivity index (χ4n) is 5.58. The van der Waals surface area contributed by atoms with Gasteiger partial charge in [-0.25, -0.2) is 0 Å². The van der Waals surface area contributed by atoms with Crippen LogP contribution in [0.1, 0.15) is 37.8 Å². The molecular formula is C24H29N3O3. The van der Waals surface area contributed by atoms with E-state index in [0.717, 1.165) is 68.9 Å². The molecule has 2 saturated heterocycles. The Morgan fingerprint density at radius 3 is 2.53 bits per heavy atom. The van der Waals surface area contributed by atoms with E-state index in [4.69, 9.17) is 4.74 Å². The highest BCUT2D eigenvalue weighted by Gasteiger charge is 2.38. The molecule has 1 aromatic heterocycles. The van der Waals surface area contributed by atoms with Crippen molar-refractivity contribution in [2.75, 3.05) is 31.6 Å². The molecule has 0 unspecified atom stereocenters. The second kappa shape index (κ2) is 8.00. The van der Waals surface area contributed by atoms with E-state index in [1.165, 1.54) is 12.6 Å². The van der Waals surface area contributed by atoms with Crippen molar-refractivity contribution in [3.05, 3.63) is 52.4 Å². The normalized spacial score (nSPS) is 24.3. The van der Waals surface area contributed by atoms with Gasteiger partial charge in [-0.2, -0.15) is 0 Å². The molecule has 1 amide bonds. The summed E-state index contributed by atoms with van der Waals surface area (Å²) in [4.78, 5) is 26.7. The smallest absolute Gasteiger partial charge is 0.250 e. The van der Waals surface area contributed by atoms with Gasteiger partial charge in [0.15, 0.2) is 0 Å². The Hall–Kier alpha value is -2.44. The van der Waals surface area contributed by atoms with Crippen molar-refractivity contribution in [1.82, 2.24) is 9.47 Å². The Balaban J connectivity index is 1.48. The van der Waals surface area contributed by atoms with Crippen LogP contribution in [0, 0.1) is 5.92 Å². The van der Waals surface area contributed by atoms with Gasteiger partial charge in [0.25, 0.3) is 5.56 Å². The van der Waals surface area contributed by atoms with E-state index < -0.39 is 0 Å². The van der Waals surface area contributed by atoms with Crippen molar-refractivity contribution >= 4 is 11.6 Å². The highest BCUT2D eigenvalue weighted by Crippen LogP contribution is 2.41. The van der Waals surface area contributed by atoms with E-state index in [-0.39, 0.29) is 11.5 Å². The molecule has 2 bridgehead atoms. The van der Waals surface area contributed by atoms with Gasteiger partial charge in [0.1, 0.15) is 0 Å². The number of carbonyl (C=O) groups is 1. The molecule has 2 atom stereocenters. The number of amides is 1.